The van der Waals surface area contributed by atoms with Crippen molar-refractivity contribution in [2.75, 3.05) is 51.3 Å². The number of nitrogens with one attached hydrogen (secondary N) is 2. The summed E-state index contributed by atoms with van der Waals surface area (Å²) in [5.74, 6) is -1.38. The van der Waals surface area contributed by atoms with E-state index in [4.69, 9.17) is 4.74 Å². The van der Waals surface area contributed by atoms with Crippen LogP contribution in [0.2, 0.25) is 0 Å². The molecule has 2 unspecified atom stereocenters. The Morgan fingerprint density at radius 1 is 0.977 bits per heavy atom. The van der Waals surface area contributed by atoms with E-state index in [-0.39, 0.29) is 43.4 Å². The van der Waals surface area contributed by atoms with Crippen LogP contribution in [0.1, 0.15) is 27.9 Å². The van der Waals surface area contributed by atoms with Gasteiger partial charge < -0.3 is 30.5 Å². The van der Waals surface area contributed by atoms with Crippen LogP contribution in [-0.4, -0.2) is 96.3 Å². The van der Waals surface area contributed by atoms with Gasteiger partial charge in [-0.15, -0.1) is 0 Å². The molecule has 3 amide bonds. The van der Waals surface area contributed by atoms with Crippen molar-refractivity contribution in [3.05, 3.63) is 65.0 Å². The Bertz CT molecular complexity index is 1290. The predicted octanol–water partition coefficient (Wildman–Crippen LogP) is 3.61. The molecule has 2 aromatic carbocycles. The highest BCUT2D eigenvalue weighted by Crippen LogP contribution is 2.50. The Balaban J connectivity index is 1.30. The van der Waals surface area contributed by atoms with Gasteiger partial charge in [-0.3, -0.25) is 9.69 Å². The third-order valence-corrected chi connectivity index (χ3v) is 7.77. The second kappa shape index (κ2) is 13.3. The maximum atomic E-state index is 14.8. The fraction of sp³-hybridized carbons (Fsp3) is 0.500. The Hall–Kier alpha value is -3.47. The normalized spacial score (nSPS) is 19.1. The number of aliphatic hydroxyl groups is 2. The molecule has 0 aliphatic carbocycles. The monoisotopic (exact) mass is 636 g/mol. The number of urea groups is 1. The minimum Gasteiger partial charge on any atom is -0.394 e. The van der Waals surface area contributed by atoms with E-state index in [9.17, 15) is 50.5 Å². The van der Waals surface area contributed by atoms with E-state index in [0.717, 1.165) is 18.2 Å². The molecule has 2 atom stereocenters. The van der Waals surface area contributed by atoms with Crippen molar-refractivity contribution in [3.8, 4) is 0 Å². The van der Waals surface area contributed by atoms with Crippen molar-refractivity contribution < 1.29 is 55.3 Å². The summed E-state index contributed by atoms with van der Waals surface area (Å²) >= 11 is 0. The second-order valence-electron chi connectivity index (χ2n) is 10.7. The number of anilines is 1. The van der Waals surface area contributed by atoms with E-state index in [2.05, 4.69) is 10.6 Å². The Morgan fingerprint density at radius 3 is 2.14 bits per heavy atom. The quantitative estimate of drug-likeness (QED) is 0.330. The third kappa shape index (κ3) is 7.25. The summed E-state index contributed by atoms with van der Waals surface area (Å²) in [6, 6.07) is 5.61. The van der Waals surface area contributed by atoms with Crippen molar-refractivity contribution in [1.82, 2.24) is 15.1 Å². The zero-order chi connectivity index (χ0) is 32.3. The molecule has 4 N–H and O–H groups in total. The lowest BCUT2D eigenvalue weighted by Crippen LogP contribution is -2.53. The fourth-order valence-electron chi connectivity index (χ4n) is 5.15. The summed E-state index contributed by atoms with van der Waals surface area (Å²) in [6.07, 6.45) is -11.3. The SMILES string of the molecule is O=C(Nc1ccc(C(=O)N2CCN(Cc3ccc(C(O)(C(F)(F)F)C(F)(F)F)cc3)CC2)cc1F)NC(CO)C1CCOC1. The molecule has 9 nitrogen and oxygen atoms in total. The van der Waals surface area contributed by atoms with Gasteiger partial charge in [0.25, 0.3) is 11.5 Å². The molecule has 0 bridgehead atoms. The summed E-state index contributed by atoms with van der Waals surface area (Å²) in [7, 11) is 0. The second-order valence-corrected chi connectivity index (χ2v) is 10.7. The van der Waals surface area contributed by atoms with Gasteiger partial charge in [0.1, 0.15) is 5.82 Å². The molecule has 4 rings (SSSR count). The lowest BCUT2D eigenvalue weighted by molar-refractivity contribution is -0.376. The van der Waals surface area contributed by atoms with Crippen molar-refractivity contribution in [1.29, 1.82) is 0 Å². The molecule has 2 heterocycles. The molecule has 16 heteroatoms. The van der Waals surface area contributed by atoms with E-state index in [1.54, 1.807) is 0 Å². The molecule has 242 valence electrons. The first-order valence-corrected chi connectivity index (χ1v) is 13.7. The van der Waals surface area contributed by atoms with E-state index in [1.165, 1.54) is 17.0 Å². The third-order valence-electron chi connectivity index (χ3n) is 7.77. The van der Waals surface area contributed by atoms with Crippen LogP contribution >= 0.6 is 0 Å². The highest BCUT2D eigenvalue weighted by atomic mass is 19.4. The van der Waals surface area contributed by atoms with Crippen LogP contribution in [0.5, 0.6) is 0 Å². The lowest BCUT2D eigenvalue weighted by Gasteiger charge is -2.35. The fourth-order valence-corrected chi connectivity index (χ4v) is 5.15. The van der Waals surface area contributed by atoms with Gasteiger partial charge in [0, 0.05) is 56.4 Å². The van der Waals surface area contributed by atoms with Gasteiger partial charge in [-0.2, -0.15) is 26.3 Å². The molecule has 0 saturated carbocycles. The molecular weight excluding hydrogens is 605 g/mol. The molecule has 2 aliphatic heterocycles. The minimum absolute atomic E-state index is 0.0376. The van der Waals surface area contributed by atoms with Gasteiger partial charge in [-0.1, -0.05) is 24.3 Å². The largest absolute Gasteiger partial charge is 0.430 e. The summed E-state index contributed by atoms with van der Waals surface area (Å²) in [4.78, 5) is 28.6. The standard InChI is InChI=1S/C28H31F7N4O5/c29-21-13-18(3-6-22(21)36-25(42)37-23(15-40)19-7-12-44-16-19)24(41)39-10-8-38(9-11-39)14-17-1-4-20(5-2-17)26(43,27(30,31)32)28(33,34)35/h1-6,13,19,23,40,43H,7-12,14-16H2,(H2,36,37,42). The van der Waals surface area contributed by atoms with E-state index in [0.29, 0.717) is 50.4 Å². The average Bonchev–Trinajstić information content (AvgIpc) is 3.51. The Kier molecular flexibility index (Phi) is 10.1. The number of nitrogens with zero attached hydrogens (tertiary/aromatic N) is 2. The number of ether oxygens (including phenoxy) is 1. The van der Waals surface area contributed by atoms with Crippen LogP contribution in [0, 0.1) is 11.7 Å². The van der Waals surface area contributed by atoms with Gasteiger partial charge >= 0.3 is 18.4 Å². The van der Waals surface area contributed by atoms with E-state index >= 15 is 0 Å². The van der Waals surface area contributed by atoms with Crippen LogP contribution in [-0.2, 0) is 16.9 Å². The first-order valence-electron chi connectivity index (χ1n) is 13.7. The van der Waals surface area contributed by atoms with Crippen LogP contribution in [0.15, 0.2) is 42.5 Å². The minimum atomic E-state index is -5.97. The number of aliphatic hydroxyl groups excluding tert-OH is 1. The van der Waals surface area contributed by atoms with Crippen molar-refractivity contribution in [2.45, 2.75) is 37.0 Å². The topological polar surface area (TPSA) is 114 Å². The van der Waals surface area contributed by atoms with Crippen LogP contribution in [0.25, 0.3) is 0 Å². The van der Waals surface area contributed by atoms with Crippen molar-refractivity contribution in [2.24, 2.45) is 5.92 Å². The molecule has 2 aromatic rings. The average molecular weight is 637 g/mol. The highest BCUT2D eigenvalue weighted by Gasteiger charge is 2.71. The maximum absolute atomic E-state index is 14.8. The van der Waals surface area contributed by atoms with E-state index < -0.39 is 47.3 Å². The van der Waals surface area contributed by atoms with Gasteiger partial charge in [0.05, 0.1) is 24.9 Å². The van der Waals surface area contributed by atoms with Crippen LogP contribution < -0.4 is 10.6 Å². The molecule has 0 aromatic heterocycles. The first kappa shape index (κ1) is 33.4. The lowest BCUT2D eigenvalue weighted by atomic mass is 9.91. The summed E-state index contributed by atoms with van der Waals surface area (Å²) < 4.78 is 98.7. The molecule has 2 saturated heterocycles. The number of rotatable bonds is 8. The number of amides is 3. The molecule has 44 heavy (non-hydrogen) atoms. The number of carbonyl (C=O) groups is 2. The van der Waals surface area contributed by atoms with Gasteiger partial charge in [0.2, 0.25) is 0 Å². The zero-order valence-corrected chi connectivity index (χ0v) is 23.2. The number of hydrogen-bond acceptors (Lipinski definition) is 6. The molecule has 0 radical (unpaired) electrons. The van der Waals surface area contributed by atoms with Crippen molar-refractivity contribution >= 4 is 17.6 Å². The number of piperazine rings is 1. The Morgan fingerprint density at radius 2 is 1.61 bits per heavy atom. The van der Waals surface area contributed by atoms with Crippen molar-refractivity contribution in [3.63, 3.8) is 0 Å². The molecule has 2 fully saturated rings. The summed E-state index contributed by atoms with van der Waals surface area (Å²) in [6.45, 7) is 1.84. The number of carbonyl (C=O) groups excluding carboxylic acids is 2. The van der Waals surface area contributed by atoms with Gasteiger partial charge in [0.15, 0.2) is 0 Å². The molecule has 0 spiro atoms. The molecule has 2 aliphatic rings. The number of alkyl halides is 6. The summed E-state index contributed by atoms with van der Waals surface area (Å²) in [5.41, 5.74) is -6.08. The number of benzene rings is 2. The highest BCUT2D eigenvalue weighted by molar-refractivity contribution is 5.95. The Labute approximate surface area is 247 Å². The van der Waals surface area contributed by atoms with Gasteiger partial charge in [-0.05, 0) is 30.2 Å². The maximum Gasteiger partial charge on any atom is 0.430 e. The molecular formula is C28H31F7N4O5. The predicted molar refractivity (Wildman–Crippen MR) is 142 cm³/mol. The zero-order valence-electron chi connectivity index (χ0n) is 23.2. The van der Waals surface area contributed by atoms with Gasteiger partial charge in [-0.25, -0.2) is 9.18 Å². The smallest absolute Gasteiger partial charge is 0.394 e. The number of halogens is 7. The first-order chi connectivity index (χ1) is 20.6. The summed E-state index contributed by atoms with van der Waals surface area (Å²) in [5, 5.41) is 24.0. The number of hydrogen-bond donors (Lipinski definition) is 4. The van der Waals surface area contributed by atoms with Crippen LogP contribution in [0.4, 0.5) is 41.2 Å². The van der Waals surface area contributed by atoms with Crippen LogP contribution in [0.3, 0.4) is 0 Å². The van der Waals surface area contributed by atoms with E-state index in [1.807, 2.05) is 4.90 Å².